The molecule has 0 spiro atoms. The first kappa shape index (κ1) is 30.9. The second kappa shape index (κ2) is 13.0. The van der Waals surface area contributed by atoms with Gasteiger partial charge < -0.3 is 4.42 Å². The summed E-state index contributed by atoms with van der Waals surface area (Å²) in [5, 5.41) is 3.72. The van der Waals surface area contributed by atoms with Gasteiger partial charge in [-0.3, -0.25) is 0 Å². The average Bonchev–Trinajstić information content (AvgIpc) is 3.79. The first-order valence-electron chi connectivity index (χ1n) is 18.2. The molecule has 0 aliphatic heterocycles. The summed E-state index contributed by atoms with van der Waals surface area (Å²) in [5.41, 5.74) is 11.6. The number of nitrogens with zero attached hydrogens (tertiary/aromatic N) is 3. The molecule has 250 valence electrons. The summed E-state index contributed by atoms with van der Waals surface area (Å²) >= 11 is 1.94. The number of fused-ring (bicyclic) bond motifs is 6. The third kappa shape index (κ3) is 5.49. The number of para-hydroxylation sites is 1. The van der Waals surface area contributed by atoms with Crippen molar-refractivity contribution in [3.8, 4) is 22.8 Å². The maximum atomic E-state index is 6.30. The van der Waals surface area contributed by atoms with E-state index in [0.717, 1.165) is 83.4 Å². The Kier molecular flexibility index (Phi) is 7.72. The third-order valence-corrected chi connectivity index (χ3v) is 11.8. The molecule has 0 fully saturated rings. The standard InChI is InChI=1S/C47H35N3OS/c1-3-13-31(14-4-1)45-48-46(32-15-5-2-6-16-32)50-47(49-45)37-21-12-20-34(33-26-28-43-39(29-33)36-18-8-10-24-42(36)52-43)35(37)27-25-30-17-11-23-41-44(30)38-19-7-9-22-40(38)51-41/h1-5,7-15,17-24,29H,6,16,25-28H2. The lowest BCUT2D eigenvalue weighted by Crippen LogP contribution is -2.07. The van der Waals surface area contributed by atoms with Gasteiger partial charge in [-0.05, 0) is 102 Å². The van der Waals surface area contributed by atoms with Gasteiger partial charge in [0, 0.05) is 31.5 Å². The van der Waals surface area contributed by atoms with Gasteiger partial charge >= 0.3 is 0 Å². The van der Waals surface area contributed by atoms with Gasteiger partial charge in [0.1, 0.15) is 11.2 Å². The molecule has 5 heteroatoms. The van der Waals surface area contributed by atoms with Gasteiger partial charge in [-0.2, -0.15) is 0 Å². The fourth-order valence-electron chi connectivity index (χ4n) is 7.99. The first-order valence-corrected chi connectivity index (χ1v) is 19.0. The third-order valence-electron chi connectivity index (χ3n) is 10.5. The average molecular weight is 690 g/mol. The minimum Gasteiger partial charge on any atom is -0.456 e. The molecular formula is C47H35N3OS. The van der Waals surface area contributed by atoms with Gasteiger partial charge in [0.15, 0.2) is 17.5 Å². The van der Waals surface area contributed by atoms with Crippen molar-refractivity contribution in [3.05, 3.63) is 166 Å². The van der Waals surface area contributed by atoms with Crippen LogP contribution >= 0.6 is 11.3 Å². The van der Waals surface area contributed by atoms with Crippen molar-refractivity contribution in [2.75, 3.05) is 0 Å². The van der Waals surface area contributed by atoms with Gasteiger partial charge in [0.25, 0.3) is 0 Å². The maximum Gasteiger partial charge on any atom is 0.164 e. The fraction of sp³-hybridized carbons (Fsp3) is 0.128. The van der Waals surface area contributed by atoms with Crippen LogP contribution in [0.2, 0.25) is 0 Å². The van der Waals surface area contributed by atoms with E-state index < -0.39 is 0 Å². The van der Waals surface area contributed by atoms with Crippen molar-refractivity contribution in [1.82, 2.24) is 15.0 Å². The molecule has 5 aromatic carbocycles. The number of thiophene rings is 1. The molecule has 0 radical (unpaired) electrons. The van der Waals surface area contributed by atoms with Crippen LogP contribution in [-0.4, -0.2) is 15.0 Å². The van der Waals surface area contributed by atoms with E-state index in [0.29, 0.717) is 5.82 Å². The van der Waals surface area contributed by atoms with E-state index in [2.05, 4.69) is 115 Å². The Labute approximate surface area is 306 Å². The minimum atomic E-state index is 0.702. The van der Waals surface area contributed by atoms with Crippen LogP contribution in [0.5, 0.6) is 0 Å². The Hall–Kier alpha value is -5.91. The van der Waals surface area contributed by atoms with E-state index in [1.807, 2.05) is 35.6 Å². The number of aromatic nitrogens is 3. The lowest BCUT2D eigenvalue weighted by Gasteiger charge is -2.20. The molecule has 0 unspecified atom stereocenters. The van der Waals surface area contributed by atoms with Crippen LogP contribution in [0.25, 0.3) is 72.0 Å². The largest absolute Gasteiger partial charge is 0.456 e. The summed E-state index contributed by atoms with van der Waals surface area (Å²) in [4.78, 5) is 17.0. The molecule has 8 aromatic rings. The maximum absolute atomic E-state index is 6.30. The molecular weight excluding hydrogens is 655 g/mol. The first-order chi connectivity index (χ1) is 25.8. The van der Waals surface area contributed by atoms with Gasteiger partial charge in [0.2, 0.25) is 0 Å². The second-order valence-electron chi connectivity index (χ2n) is 13.7. The lowest BCUT2D eigenvalue weighted by atomic mass is 9.85. The zero-order chi connectivity index (χ0) is 34.4. The van der Waals surface area contributed by atoms with Gasteiger partial charge in [0.05, 0.1) is 0 Å². The molecule has 2 aliphatic rings. The van der Waals surface area contributed by atoms with Crippen LogP contribution in [0.1, 0.15) is 52.2 Å². The SMILES string of the molecule is C1=CCCC(c2nc(-c3ccccc3)nc(-c3cccc(C4=Cc5c(sc6ccccc56)CC4)c3CCc3cccc4oc5ccccc5c34)n2)=C1. The Morgan fingerprint density at radius 3 is 2.27 bits per heavy atom. The number of hydrogen-bond donors (Lipinski definition) is 0. The van der Waals surface area contributed by atoms with Crippen LogP contribution in [-0.2, 0) is 19.3 Å². The Balaban J connectivity index is 1.16. The zero-order valence-corrected chi connectivity index (χ0v) is 29.5. The summed E-state index contributed by atoms with van der Waals surface area (Å²) < 4.78 is 7.66. The fourth-order valence-corrected chi connectivity index (χ4v) is 9.18. The molecule has 0 N–H and O–H groups in total. The second-order valence-corrected chi connectivity index (χ2v) is 14.8. The predicted molar refractivity (Wildman–Crippen MR) is 216 cm³/mol. The van der Waals surface area contributed by atoms with Crippen molar-refractivity contribution in [2.45, 2.75) is 38.5 Å². The van der Waals surface area contributed by atoms with Crippen LogP contribution in [0.3, 0.4) is 0 Å². The van der Waals surface area contributed by atoms with E-state index in [4.69, 9.17) is 19.4 Å². The molecule has 2 aliphatic carbocycles. The van der Waals surface area contributed by atoms with Crippen molar-refractivity contribution in [3.63, 3.8) is 0 Å². The smallest absolute Gasteiger partial charge is 0.164 e. The molecule has 3 heterocycles. The molecule has 3 aromatic heterocycles. The van der Waals surface area contributed by atoms with Gasteiger partial charge in [-0.25, -0.2) is 15.0 Å². The molecule has 0 atom stereocenters. The van der Waals surface area contributed by atoms with E-state index in [1.165, 1.54) is 48.2 Å². The van der Waals surface area contributed by atoms with Crippen molar-refractivity contribution < 1.29 is 4.42 Å². The topological polar surface area (TPSA) is 51.8 Å². The summed E-state index contributed by atoms with van der Waals surface area (Å²) in [6.45, 7) is 0. The Morgan fingerprint density at radius 2 is 1.37 bits per heavy atom. The molecule has 0 saturated heterocycles. The predicted octanol–water partition coefficient (Wildman–Crippen LogP) is 12.3. The summed E-state index contributed by atoms with van der Waals surface area (Å²) in [6, 6.07) is 40.7. The monoisotopic (exact) mass is 689 g/mol. The van der Waals surface area contributed by atoms with Crippen LogP contribution in [0.15, 0.2) is 138 Å². The van der Waals surface area contributed by atoms with Crippen molar-refractivity contribution in [2.24, 2.45) is 0 Å². The van der Waals surface area contributed by atoms with Crippen LogP contribution in [0.4, 0.5) is 0 Å². The molecule has 52 heavy (non-hydrogen) atoms. The molecule has 0 amide bonds. The molecule has 4 nitrogen and oxygen atoms in total. The number of hydrogen-bond acceptors (Lipinski definition) is 5. The molecule has 0 saturated carbocycles. The highest BCUT2D eigenvalue weighted by Gasteiger charge is 2.23. The quantitative estimate of drug-likeness (QED) is 0.167. The van der Waals surface area contributed by atoms with E-state index >= 15 is 0 Å². The Bertz CT molecular complexity index is 2750. The van der Waals surface area contributed by atoms with Crippen LogP contribution < -0.4 is 0 Å². The number of benzene rings is 5. The highest BCUT2D eigenvalue weighted by Crippen LogP contribution is 2.42. The molecule has 10 rings (SSSR count). The summed E-state index contributed by atoms with van der Waals surface area (Å²) in [6.07, 6.45) is 14.5. The minimum absolute atomic E-state index is 0.702. The van der Waals surface area contributed by atoms with Crippen LogP contribution in [0, 0.1) is 0 Å². The Morgan fingerprint density at radius 1 is 0.596 bits per heavy atom. The van der Waals surface area contributed by atoms with Crippen molar-refractivity contribution >= 4 is 60.6 Å². The normalized spacial score (nSPS) is 14.2. The summed E-state index contributed by atoms with van der Waals surface area (Å²) in [5.74, 6) is 2.18. The van der Waals surface area contributed by atoms with Crippen molar-refractivity contribution in [1.29, 1.82) is 0 Å². The number of aryl methyl sites for hydroxylation is 2. The van der Waals surface area contributed by atoms with E-state index in [-0.39, 0.29) is 0 Å². The van der Waals surface area contributed by atoms with Gasteiger partial charge in [-0.15, -0.1) is 11.3 Å². The number of furan rings is 1. The highest BCUT2D eigenvalue weighted by atomic mass is 32.1. The highest BCUT2D eigenvalue weighted by molar-refractivity contribution is 7.19. The zero-order valence-electron chi connectivity index (χ0n) is 28.7. The van der Waals surface area contributed by atoms with Gasteiger partial charge in [-0.1, -0.05) is 115 Å². The number of allylic oxidation sites excluding steroid dienone is 5. The lowest BCUT2D eigenvalue weighted by molar-refractivity contribution is 0.668. The molecule has 0 bridgehead atoms. The summed E-state index contributed by atoms with van der Waals surface area (Å²) in [7, 11) is 0. The van der Waals surface area contributed by atoms with E-state index in [1.54, 1.807) is 0 Å². The number of rotatable bonds is 7. The van der Waals surface area contributed by atoms with E-state index in [9.17, 15) is 0 Å².